The highest BCUT2D eigenvalue weighted by Gasteiger charge is 2.08. The normalized spacial score (nSPS) is 12.2. The first kappa shape index (κ1) is 16.9. The van der Waals surface area contributed by atoms with E-state index in [0.29, 0.717) is 11.9 Å². The van der Waals surface area contributed by atoms with Crippen LogP contribution in [0, 0.1) is 0 Å². The van der Waals surface area contributed by atoms with Crippen LogP contribution < -0.4 is 5.32 Å². The number of carboxylic acid groups (broad SMARTS) is 1. The number of fused-ring (bicyclic) bond motifs is 1. The zero-order valence-electron chi connectivity index (χ0n) is 13.4. The average molecular weight is 341 g/mol. The van der Waals surface area contributed by atoms with E-state index in [-0.39, 0.29) is 18.7 Å². The van der Waals surface area contributed by atoms with E-state index >= 15 is 0 Å². The highest BCUT2D eigenvalue weighted by Crippen LogP contribution is 2.17. The van der Waals surface area contributed by atoms with Crippen LogP contribution in [-0.2, 0) is 6.42 Å². The second-order valence-electron chi connectivity index (χ2n) is 5.81. The Labute approximate surface area is 144 Å². The molecule has 130 valence electrons. The van der Waals surface area contributed by atoms with Crippen molar-refractivity contribution < 1.29 is 20.1 Å². The molecule has 7 nitrogen and oxygen atoms in total. The van der Waals surface area contributed by atoms with Crippen molar-refractivity contribution >= 4 is 22.7 Å². The predicted octanol–water partition coefficient (Wildman–Crippen LogP) is 1.62. The number of imidazole rings is 1. The zero-order valence-corrected chi connectivity index (χ0v) is 13.4. The van der Waals surface area contributed by atoms with Crippen LogP contribution >= 0.6 is 0 Å². The summed E-state index contributed by atoms with van der Waals surface area (Å²) in [6.45, 7) is 0.00601. The second-order valence-corrected chi connectivity index (χ2v) is 5.81. The maximum atomic E-state index is 11.0. The van der Waals surface area contributed by atoms with E-state index in [2.05, 4.69) is 15.3 Å². The zero-order chi connectivity index (χ0) is 17.8. The summed E-state index contributed by atoms with van der Waals surface area (Å²) in [6.07, 6.45) is -0.192. The summed E-state index contributed by atoms with van der Waals surface area (Å²) in [6, 6.07) is 12.5. The van der Waals surface area contributed by atoms with Gasteiger partial charge in [0.2, 0.25) is 0 Å². The number of hydrogen-bond donors (Lipinski definition) is 5. The number of nitrogens with zero attached hydrogens (tertiary/aromatic N) is 1. The first-order valence-corrected chi connectivity index (χ1v) is 7.89. The highest BCUT2D eigenvalue weighted by atomic mass is 16.4. The summed E-state index contributed by atoms with van der Waals surface area (Å²) in [4.78, 5) is 18.6. The lowest BCUT2D eigenvalue weighted by molar-refractivity contribution is 0.0697. The van der Waals surface area contributed by atoms with Gasteiger partial charge in [-0.25, -0.2) is 9.78 Å². The van der Waals surface area contributed by atoms with Crippen LogP contribution in [0.4, 0.5) is 5.69 Å². The minimum atomic E-state index is -0.965. The molecule has 3 aromatic rings. The van der Waals surface area contributed by atoms with Gasteiger partial charge in [0.05, 0.1) is 29.3 Å². The number of carboxylic acids is 1. The van der Waals surface area contributed by atoms with E-state index in [0.717, 1.165) is 22.6 Å². The van der Waals surface area contributed by atoms with Crippen LogP contribution in [0.5, 0.6) is 0 Å². The Morgan fingerprint density at radius 1 is 1.20 bits per heavy atom. The molecule has 0 fully saturated rings. The van der Waals surface area contributed by atoms with Crippen LogP contribution in [0.15, 0.2) is 42.5 Å². The third-order valence-electron chi connectivity index (χ3n) is 3.86. The smallest absolute Gasteiger partial charge is 0.335 e. The summed E-state index contributed by atoms with van der Waals surface area (Å²) in [5, 5.41) is 30.2. The van der Waals surface area contributed by atoms with Gasteiger partial charge in [-0.15, -0.1) is 0 Å². The van der Waals surface area contributed by atoms with Crippen LogP contribution in [0.3, 0.4) is 0 Å². The standard InChI is InChI=1S/C18H19N3O4/c22-10-14(23)9-19-13-4-1-11(2-5-13)7-17-20-15-6-3-12(18(24)25)8-16(15)21-17/h1-6,8,14,19,22-23H,7,9-10H2,(H,20,21)(H,24,25). The van der Waals surface area contributed by atoms with Crippen molar-refractivity contribution in [3.05, 3.63) is 59.4 Å². The Kier molecular flexibility index (Phi) is 4.97. The van der Waals surface area contributed by atoms with Crippen molar-refractivity contribution in [2.75, 3.05) is 18.5 Å². The summed E-state index contributed by atoms with van der Waals surface area (Å²) in [5.41, 5.74) is 3.56. The maximum absolute atomic E-state index is 11.0. The van der Waals surface area contributed by atoms with Gasteiger partial charge in [-0.1, -0.05) is 12.1 Å². The van der Waals surface area contributed by atoms with Crippen molar-refractivity contribution in [3.8, 4) is 0 Å². The van der Waals surface area contributed by atoms with Gasteiger partial charge < -0.3 is 25.6 Å². The Balaban J connectivity index is 1.69. The number of aliphatic hydroxyl groups excluding tert-OH is 2. The molecule has 0 aliphatic carbocycles. The topological polar surface area (TPSA) is 118 Å². The fourth-order valence-electron chi connectivity index (χ4n) is 2.51. The van der Waals surface area contributed by atoms with Crippen LogP contribution in [0.1, 0.15) is 21.7 Å². The molecule has 0 bridgehead atoms. The van der Waals surface area contributed by atoms with Gasteiger partial charge >= 0.3 is 5.97 Å². The lowest BCUT2D eigenvalue weighted by Crippen LogP contribution is -2.22. The van der Waals surface area contributed by atoms with E-state index in [4.69, 9.17) is 10.2 Å². The molecule has 0 aliphatic rings. The molecule has 7 heteroatoms. The Morgan fingerprint density at radius 3 is 2.64 bits per heavy atom. The Bertz CT molecular complexity index is 874. The van der Waals surface area contributed by atoms with E-state index in [9.17, 15) is 9.90 Å². The van der Waals surface area contributed by atoms with Crippen molar-refractivity contribution in [2.45, 2.75) is 12.5 Å². The molecule has 1 unspecified atom stereocenters. The lowest BCUT2D eigenvalue weighted by atomic mass is 10.1. The molecule has 1 aromatic heterocycles. The molecule has 3 rings (SSSR count). The number of aromatic amines is 1. The van der Waals surface area contributed by atoms with E-state index in [1.54, 1.807) is 12.1 Å². The number of nitrogens with one attached hydrogen (secondary N) is 2. The number of aliphatic hydroxyl groups is 2. The molecular formula is C18H19N3O4. The van der Waals surface area contributed by atoms with E-state index < -0.39 is 12.1 Å². The summed E-state index contributed by atoms with van der Waals surface area (Å²) in [5.74, 6) is -0.207. The molecule has 0 aliphatic heterocycles. The number of carbonyl (C=O) groups is 1. The lowest BCUT2D eigenvalue weighted by Gasteiger charge is -2.10. The molecule has 0 saturated heterocycles. The van der Waals surface area contributed by atoms with E-state index in [1.165, 1.54) is 6.07 Å². The number of benzene rings is 2. The number of aromatic nitrogens is 2. The fraction of sp³-hybridized carbons (Fsp3) is 0.222. The summed E-state index contributed by atoms with van der Waals surface area (Å²) in [7, 11) is 0. The number of H-pyrrole nitrogens is 1. The summed E-state index contributed by atoms with van der Waals surface area (Å²) >= 11 is 0. The molecule has 5 N–H and O–H groups in total. The van der Waals surface area contributed by atoms with Crippen LogP contribution in [0.25, 0.3) is 11.0 Å². The van der Waals surface area contributed by atoms with Gasteiger partial charge in [0.1, 0.15) is 5.82 Å². The molecule has 1 atom stereocenters. The Hall–Kier alpha value is -2.90. The minimum absolute atomic E-state index is 0.225. The van der Waals surface area contributed by atoms with Crippen LogP contribution in [-0.4, -0.2) is 50.5 Å². The SMILES string of the molecule is O=C(O)c1ccc2nc(Cc3ccc(NCC(O)CO)cc3)[nH]c2c1. The highest BCUT2D eigenvalue weighted by molar-refractivity contribution is 5.92. The van der Waals surface area contributed by atoms with Gasteiger partial charge in [-0.05, 0) is 35.9 Å². The predicted molar refractivity (Wildman–Crippen MR) is 93.9 cm³/mol. The molecule has 1 heterocycles. The average Bonchev–Trinajstić information content (AvgIpc) is 3.02. The first-order chi connectivity index (χ1) is 12.0. The van der Waals surface area contributed by atoms with Gasteiger partial charge in [0, 0.05) is 18.7 Å². The second kappa shape index (κ2) is 7.33. The monoisotopic (exact) mass is 341 g/mol. The minimum Gasteiger partial charge on any atom is -0.478 e. The molecule has 0 amide bonds. The van der Waals surface area contributed by atoms with Crippen molar-refractivity contribution in [1.82, 2.24) is 9.97 Å². The number of anilines is 1. The largest absolute Gasteiger partial charge is 0.478 e. The molecule has 0 spiro atoms. The molecular weight excluding hydrogens is 322 g/mol. The van der Waals surface area contributed by atoms with Crippen molar-refractivity contribution in [1.29, 1.82) is 0 Å². The molecule has 0 radical (unpaired) electrons. The number of aromatic carboxylic acids is 1. The van der Waals surface area contributed by atoms with Gasteiger partial charge in [0.25, 0.3) is 0 Å². The fourth-order valence-corrected chi connectivity index (χ4v) is 2.51. The van der Waals surface area contributed by atoms with Gasteiger partial charge in [0.15, 0.2) is 0 Å². The summed E-state index contributed by atoms with van der Waals surface area (Å²) < 4.78 is 0. The van der Waals surface area contributed by atoms with Crippen LogP contribution in [0.2, 0.25) is 0 Å². The number of rotatable bonds is 7. The quantitative estimate of drug-likeness (QED) is 0.446. The van der Waals surface area contributed by atoms with Gasteiger partial charge in [-0.2, -0.15) is 0 Å². The third-order valence-corrected chi connectivity index (χ3v) is 3.86. The Morgan fingerprint density at radius 2 is 1.96 bits per heavy atom. The number of hydrogen-bond acceptors (Lipinski definition) is 5. The molecule has 0 saturated carbocycles. The first-order valence-electron chi connectivity index (χ1n) is 7.89. The maximum Gasteiger partial charge on any atom is 0.335 e. The van der Waals surface area contributed by atoms with Crippen molar-refractivity contribution in [3.63, 3.8) is 0 Å². The van der Waals surface area contributed by atoms with Gasteiger partial charge in [-0.3, -0.25) is 0 Å². The molecule has 25 heavy (non-hydrogen) atoms. The third kappa shape index (κ3) is 4.14. The van der Waals surface area contributed by atoms with E-state index in [1.807, 2.05) is 24.3 Å². The van der Waals surface area contributed by atoms with Crippen molar-refractivity contribution in [2.24, 2.45) is 0 Å². The molecule has 2 aromatic carbocycles.